The van der Waals surface area contributed by atoms with E-state index in [1.54, 1.807) is 0 Å². The Morgan fingerprint density at radius 2 is 1.84 bits per heavy atom. The van der Waals surface area contributed by atoms with Gasteiger partial charge in [-0.15, -0.1) is 0 Å². The summed E-state index contributed by atoms with van der Waals surface area (Å²) in [6.45, 7) is 3.64. The second-order valence-corrected chi connectivity index (χ2v) is 5.33. The number of benzene rings is 1. The van der Waals surface area contributed by atoms with Gasteiger partial charge in [0.15, 0.2) is 5.78 Å². The second kappa shape index (κ2) is 8.11. The monoisotopic (exact) mass is 258 g/mol. The molecule has 1 aromatic carbocycles. The highest BCUT2D eigenvalue weighted by Crippen LogP contribution is 2.11. The average molecular weight is 258 g/mol. The molecule has 1 radical (unpaired) electrons. The van der Waals surface area contributed by atoms with Crippen LogP contribution in [0.3, 0.4) is 0 Å². The van der Waals surface area contributed by atoms with Crippen molar-refractivity contribution in [2.75, 3.05) is 19.6 Å². The number of hydrogen-bond donors (Lipinski definition) is 0. The standard InChI is InChI=1S/C17H24NO/c19-17(16-10-4-3-5-11-16)12-6-1-2-7-13-18-14-8-9-15-18/h3-5,8,10-11H,1-2,6-7,9,12-15H2. The third-order valence-electron chi connectivity index (χ3n) is 3.76. The molecule has 0 N–H and O–H groups in total. The van der Waals surface area contributed by atoms with Gasteiger partial charge in [0.25, 0.3) is 0 Å². The van der Waals surface area contributed by atoms with Crippen molar-refractivity contribution in [3.63, 3.8) is 0 Å². The number of nitrogens with zero attached hydrogens (tertiary/aromatic N) is 1. The minimum absolute atomic E-state index is 0.287. The molecule has 1 aliphatic heterocycles. The van der Waals surface area contributed by atoms with Gasteiger partial charge in [0.05, 0.1) is 0 Å². The molecular weight excluding hydrogens is 234 g/mol. The lowest BCUT2D eigenvalue weighted by atomic mass is 10.0. The average Bonchev–Trinajstić information content (AvgIpc) is 2.96. The quantitative estimate of drug-likeness (QED) is 0.523. The van der Waals surface area contributed by atoms with Crippen LogP contribution in [0.1, 0.15) is 48.9 Å². The third-order valence-corrected chi connectivity index (χ3v) is 3.76. The van der Waals surface area contributed by atoms with E-state index in [9.17, 15) is 4.79 Å². The number of ketones is 1. The molecule has 2 rings (SSSR count). The van der Waals surface area contributed by atoms with Gasteiger partial charge < -0.3 is 4.90 Å². The largest absolute Gasteiger partial charge is 0.303 e. The van der Waals surface area contributed by atoms with Crippen LogP contribution in [-0.4, -0.2) is 30.3 Å². The zero-order valence-electron chi connectivity index (χ0n) is 11.7. The first-order valence-corrected chi connectivity index (χ1v) is 7.48. The molecule has 0 aliphatic carbocycles. The topological polar surface area (TPSA) is 20.3 Å². The molecule has 1 fully saturated rings. The van der Waals surface area contributed by atoms with Crippen LogP contribution in [0.15, 0.2) is 30.3 Å². The van der Waals surface area contributed by atoms with Gasteiger partial charge in [-0.1, -0.05) is 43.2 Å². The van der Waals surface area contributed by atoms with E-state index < -0.39 is 0 Å². The van der Waals surface area contributed by atoms with E-state index in [1.807, 2.05) is 30.3 Å². The molecule has 2 nitrogen and oxygen atoms in total. The maximum absolute atomic E-state index is 11.9. The maximum Gasteiger partial charge on any atom is 0.162 e. The molecule has 0 atom stereocenters. The molecule has 0 bridgehead atoms. The zero-order chi connectivity index (χ0) is 13.3. The summed E-state index contributed by atoms with van der Waals surface area (Å²) in [5.41, 5.74) is 0.857. The summed E-state index contributed by atoms with van der Waals surface area (Å²) in [7, 11) is 0. The van der Waals surface area contributed by atoms with Gasteiger partial charge in [-0.2, -0.15) is 0 Å². The van der Waals surface area contributed by atoms with E-state index in [0.717, 1.165) is 12.0 Å². The maximum atomic E-state index is 11.9. The molecular formula is C17H24NO. The van der Waals surface area contributed by atoms with Gasteiger partial charge in [0.2, 0.25) is 0 Å². The van der Waals surface area contributed by atoms with Gasteiger partial charge in [-0.3, -0.25) is 4.79 Å². The molecule has 103 valence electrons. The number of Topliss-reactive ketones (excluding diaryl/α,β-unsaturated/α-hetero) is 1. The lowest BCUT2D eigenvalue weighted by Crippen LogP contribution is -2.20. The molecule has 0 saturated carbocycles. The minimum Gasteiger partial charge on any atom is -0.303 e. The Hall–Kier alpha value is -1.15. The predicted molar refractivity (Wildman–Crippen MR) is 79.2 cm³/mol. The summed E-state index contributed by atoms with van der Waals surface area (Å²) >= 11 is 0. The van der Waals surface area contributed by atoms with Crippen LogP contribution < -0.4 is 0 Å². The summed E-state index contributed by atoms with van der Waals surface area (Å²) < 4.78 is 0. The molecule has 1 heterocycles. The number of unbranched alkanes of at least 4 members (excludes halogenated alkanes) is 3. The lowest BCUT2D eigenvalue weighted by Gasteiger charge is -2.13. The molecule has 0 amide bonds. The third kappa shape index (κ3) is 5.15. The van der Waals surface area contributed by atoms with Crippen molar-refractivity contribution < 1.29 is 4.79 Å². The van der Waals surface area contributed by atoms with Crippen LogP contribution in [0.2, 0.25) is 0 Å². The molecule has 19 heavy (non-hydrogen) atoms. The molecule has 0 aromatic heterocycles. The predicted octanol–water partition coefficient (Wildman–Crippen LogP) is 3.73. The van der Waals surface area contributed by atoms with E-state index in [4.69, 9.17) is 0 Å². The van der Waals surface area contributed by atoms with Crippen LogP contribution in [0.5, 0.6) is 0 Å². The van der Waals surface area contributed by atoms with Crippen LogP contribution in [0.4, 0.5) is 0 Å². The van der Waals surface area contributed by atoms with Crippen LogP contribution in [0, 0.1) is 6.42 Å². The Bertz CT molecular complexity index is 368. The Labute approximate surface area is 116 Å². The van der Waals surface area contributed by atoms with Crippen molar-refractivity contribution in [1.29, 1.82) is 0 Å². The summed E-state index contributed by atoms with van der Waals surface area (Å²) in [6, 6.07) is 9.63. The second-order valence-electron chi connectivity index (χ2n) is 5.33. The van der Waals surface area contributed by atoms with E-state index in [1.165, 1.54) is 45.3 Å². The summed E-state index contributed by atoms with van der Waals surface area (Å²) in [4.78, 5) is 14.4. The Balaban J connectivity index is 1.51. The van der Waals surface area contributed by atoms with Crippen molar-refractivity contribution >= 4 is 5.78 Å². The highest BCUT2D eigenvalue weighted by molar-refractivity contribution is 5.95. The molecule has 0 spiro atoms. The fourth-order valence-corrected chi connectivity index (χ4v) is 2.59. The van der Waals surface area contributed by atoms with E-state index in [-0.39, 0.29) is 5.78 Å². The minimum atomic E-state index is 0.287. The fourth-order valence-electron chi connectivity index (χ4n) is 2.59. The summed E-state index contributed by atoms with van der Waals surface area (Å²) in [5, 5.41) is 0. The first-order valence-electron chi connectivity index (χ1n) is 7.48. The van der Waals surface area contributed by atoms with Crippen molar-refractivity contribution in [3.05, 3.63) is 42.3 Å². The van der Waals surface area contributed by atoms with E-state index in [2.05, 4.69) is 11.3 Å². The zero-order valence-corrected chi connectivity index (χ0v) is 11.7. The van der Waals surface area contributed by atoms with Gasteiger partial charge in [0, 0.05) is 18.5 Å². The van der Waals surface area contributed by atoms with Gasteiger partial charge >= 0.3 is 0 Å². The van der Waals surface area contributed by atoms with Crippen molar-refractivity contribution in [2.24, 2.45) is 0 Å². The van der Waals surface area contributed by atoms with Gasteiger partial charge in [0.1, 0.15) is 0 Å². The fraction of sp³-hybridized carbons (Fsp3) is 0.529. The number of rotatable bonds is 8. The summed E-state index contributed by atoms with van der Waals surface area (Å²) in [5.74, 6) is 0.287. The molecule has 2 heteroatoms. The highest BCUT2D eigenvalue weighted by atomic mass is 16.1. The molecule has 1 aliphatic rings. The van der Waals surface area contributed by atoms with Gasteiger partial charge in [-0.25, -0.2) is 0 Å². The molecule has 1 aromatic rings. The first-order chi connectivity index (χ1) is 9.36. The highest BCUT2D eigenvalue weighted by Gasteiger charge is 2.10. The first kappa shape index (κ1) is 14.3. The van der Waals surface area contributed by atoms with Crippen molar-refractivity contribution in [3.8, 4) is 0 Å². The lowest BCUT2D eigenvalue weighted by molar-refractivity contribution is 0.0979. The van der Waals surface area contributed by atoms with E-state index >= 15 is 0 Å². The van der Waals surface area contributed by atoms with Crippen LogP contribution in [-0.2, 0) is 0 Å². The Morgan fingerprint density at radius 1 is 1.05 bits per heavy atom. The Morgan fingerprint density at radius 3 is 2.58 bits per heavy atom. The smallest absolute Gasteiger partial charge is 0.162 e. The molecule has 1 saturated heterocycles. The normalized spacial score (nSPS) is 15.8. The number of carbonyl (C=O) groups excluding carboxylic acids is 1. The van der Waals surface area contributed by atoms with E-state index in [0.29, 0.717) is 6.42 Å². The molecule has 0 unspecified atom stereocenters. The van der Waals surface area contributed by atoms with Crippen LogP contribution in [0.25, 0.3) is 0 Å². The Kier molecular flexibility index (Phi) is 6.09. The van der Waals surface area contributed by atoms with Crippen molar-refractivity contribution in [2.45, 2.75) is 38.5 Å². The summed E-state index contributed by atoms with van der Waals surface area (Å²) in [6.07, 6.45) is 9.04. The van der Waals surface area contributed by atoms with Crippen LogP contribution >= 0.6 is 0 Å². The number of likely N-dealkylation sites (tertiary alicyclic amines) is 1. The number of hydrogen-bond acceptors (Lipinski definition) is 2. The number of carbonyl (C=O) groups is 1. The van der Waals surface area contributed by atoms with Crippen molar-refractivity contribution in [1.82, 2.24) is 4.90 Å². The SMILES string of the molecule is O=C(CCCCCCN1C[CH]CC1)c1ccccc1. The van der Waals surface area contributed by atoms with Gasteiger partial charge in [-0.05, 0) is 38.8 Å².